The van der Waals surface area contributed by atoms with Crippen molar-refractivity contribution in [2.75, 3.05) is 0 Å². The molecule has 1 aromatic heterocycles. The van der Waals surface area contributed by atoms with Crippen molar-refractivity contribution in [2.24, 2.45) is 18.7 Å². The Morgan fingerprint density at radius 2 is 2.25 bits per heavy atom. The van der Waals surface area contributed by atoms with Gasteiger partial charge in [0.2, 0.25) is 5.91 Å². The normalized spacial score (nSPS) is 12.8. The Morgan fingerprint density at radius 3 is 2.75 bits per heavy atom. The number of rotatable bonds is 5. The fourth-order valence-electron chi connectivity index (χ4n) is 1.39. The third kappa shape index (κ3) is 4.06. The van der Waals surface area contributed by atoms with E-state index in [4.69, 9.17) is 5.73 Å². The first-order valence-corrected chi connectivity index (χ1v) is 5.62. The second kappa shape index (κ2) is 5.70. The number of aromatic nitrogens is 1. The lowest BCUT2D eigenvalue weighted by Crippen LogP contribution is -2.34. The molecule has 1 atom stereocenters. The minimum absolute atomic E-state index is 0.0186. The van der Waals surface area contributed by atoms with E-state index in [1.54, 1.807) is 0 Å². The van der Waals surface area contributed by atoms with E-state index in [0.29, 0.717) is 18.9 Å². The van der Waals surface area contributed by atoms with Gasteiger partial charge in [0.25, 0.3) is 0 Å². The number of aryl methyl sites for hydroxylation is 1. The summed E-state index contributed by atoms with van der Waals surface area (Å²) in [5.74, 6) is 0.354. The van der Waals surface area contributed by atoms with Gasteiger partial charge in [-0.25, -0.2) is 0 Å². The molecule has 0 aromatic carbocycles. The van der Waals surface area contributed by atoms with E-state index in [0.717, 1.165) is 5.56 Å². The van der Waals surface area contributed by atoms with Gasteiger partial charge >= 0.3 is 0 Å². The number of nitrogens with two attached hydrogens (primary N) is 1. The molecule has 0 aliphatic heterocycles. The van der Waals surface area contributed by atoms with Gasteiger partial charge < -0.3 is 15.6 Å². The molecule has 0 fully saturated rings. The van der Waals surface area contributed by atoms with Crippen LogP contribution >= 0.6 is 0 Å². The molecule has 4 nitrogen and oxygen atoms in total. The van der Waals surface area contributed by atoms with Crippen LogP contribution in [0, 0.1) is 5.92 Å². The third-order valence-corrected chi connectivity index (χ3v) is 2.66. The van der Waals surface area contributed by atoms with Gasteiger partial charge in [-0.1, -0.05) is 13.8 Å². The first-order valence-electron chi connectivity index (χ1n) is 5.62. The highest BCUT2D eigenvalue weighted by Gasteiger charge is 2.12. The molecule has 0 bridgehead atoms. The lowest BCUT2D eigenvalue weighted by atomic mass is 10.0. The number of hydrogen-bond donors (Lipinski definition) is 2. The van der Waals surface area contributed by atoms with Crippen LogP contribution in [0.15, 0.2) is 18.5 Å². The summed E-state index contributed by atoms with van der Waals surface area (Å²) in [6, 6.07) is 1.93. The zero-order valence-corrected chi connectivity index (χ0v) is 10.2. The van der Waals surface area contributed by atoms with Gasteiger partial charge in [0, 0.05) is 38.4 Å². The van der Waals surface area contributed by atoms with Gasteiger partial charge in [0.15, 0.2) is 0 Å². The number of carbonyl (C=O) groups is 1. The van der Waals surface area contributed by atoms with E-state index in [9.17, 15) is 4.79 Å². The topological polar surface area (TPSA) is 60.1 Å². The van der Waals surface area contributed by atoms with Gasteiger partial charge in [-0.05, 0) is 17.5 Å². The van der Waals surface area contributed by atoms with Crippen LogP contribution in [0.5, 0.6) is 0 Å². The van der Waals surface area contributed by atoms with Gasteiger partial charge in [-0.15, -0.1) is 0 Å². The second-order valence-corrected chi connectivity index (χ2v) is 4.57. The van der Waals surface area contributed by atoms with Gasteiger partial charge in [-0.2, -0.15) is 0 Å². The Kier molecular flexibility index (Phi) is 4.55. The molecule has 4 heteroatoms. The summed E-state index contributed by atoms with van der Waals surface area (Å²) < 4.78 is 1.96. The van der Waals surface area contributed by atoms with Gasteiger partial charge in [0.1, 0.15) is 0 Å². The van der Waals surface area contributed by atoms with Crippen molar-refractivity contribution in [1.29, 1.82) is 0 Å². The van der Waals surface area contributed by atoms with Crippen molar-refractivity contribution in [3.63, 3.8) is 0 Å². The second-order valence-electron chi connectivity index (χ2n) is 4.57. The SMILES string of the molecule is CC(C)C(N)CC(=O)NCc1ccn(C)c1. The lowest BCUT2D eigenvalue weighted by Gasteiger charge is -2.14. The zero-order chi connectivity index (χ0) is 12.1. The molecule has 0 saturated heterocycles. The third-order valence-electron chi connectivity index (χ3n) is 2.66. The van der Waals surface area contributed by atoms with E-state index < -0.39 is 0 Å². The van der Waals surface area contributed by atoms with Crippen molar-refractivity contribution < 1.29 is 4.79 Å². The van der Waals surface area contributed by atoms with E-state index in [-0.39, 0.29) is 11.9 Å². The first kappa shape index (κ1) is 12.8. The molecule has 0 saturated carbocycles. The molecule has 1 aromatic rings. The van der Waals surface area contributed by atoms with Crippen molar-refractivity contribution >= 4 is 5.91 Å². The minimum atomic E-state index is -0.0595. The highest BCUT2D eigenvalue weighted by atomic mass is 16.1. The Bertz CT molecular complexity index is 344. The molecule has 0 aliphatic carbocycles. The van der Waals surface area contributed by atoms with Crippen LogP contribution in [0.3, 0.4) is 0 Å². The fraction of sp³-hybridized carbons (Fsp3) is 0.583. The van der Waals surface area contributed by atoms with E-state index in [1.807, 2.05) is 43.9 Å². The molecule has 0 radical (unpaired) electrons. The highest BCUT2D eigenvalue weighted by Crippen LogP contribution is 2.03. The van der Waals surface area contributed by atoms with Crippen molar-refractivity contribution in [1.82, 2.24) is 9.88 Å². The molecule has 0 aliphatic rings. The zero-order valence-electron chi connectivity index (χ0n) is 10.2. The van der Waals surface area contributed by atoms with Crippen LogP contribution in [0.1, 0.15) is 25.8 Å². The summed E-state index contributed by atoms with van der Waals surface area (Å²) in [6.07, 6.45) is 4.34. The molecule has 3 N–H and O–H groups in total. The average Bonchev–Trinajstić information content (AvgIpc) is 2.61. The molecular weight excluding hydrogens is 202 g/mol. The van der Waals surface area contributed by atoms with E-state index >= 15 is 0 Å². The maximum Gasteiger partial charge on any atom is 0.221 e. The van der Waals surface area contributed by atoms with Crippen molar-refractivity contribution in [2.45, 2.75) is 32.9 Å². The number of amides is 1. The largest absolute Gasteiger partial charge is 0.357 e. The molecule has 1 amide bonds. The molecule has 90 valence electrons. The summed E-state index contributed by atoms with van der Waals surface area (Å²) >= 11 is 0. The van der Waals surface area contributed by atoms with Crippen LogP contribution in [0.4, 0.5) is 0 Å². The average molecular weight is 223 g/mol. The first-order chi connectivity index (χ1) is 7.49. The Morgan fingerprint density at radius 1 is 1.56 bits per heavy atom. The summed E-state index contributed by atoms with van der Waals surface area (Å²) in [7, 11) is 1.96. The highest BCUT2D eigenvalue weighted by molar-refractivity contribution is 5.76. The van der Waals surface area contributed by atoms with Crippen LogP contribution in [0.25, 0.3) is 0 Å². The van der Waals surface area contributed by atoms with Crippen LogP contribution < -0.4 is 11.1 Å². The molecule has 1 heterocycles. The summed E-state index contributed by atoms with van der Waals surface area (Å²) in [4.78, 5) is 11.5. The Balaban J connectivity index is 2.30. The number of nitrogens with zero attached hydrogens (tertiary/aromatic N) is 1. The van der Waals surface area contributed by atoms with E-state index in [1.165, 1.54) is 0 Å². The monoisotopic (exact) mass is 223 g/mol. The van der Waals surface area contributed by atoms with Crippen LogP contribution in [0.2, 0.25) is 0 Å². The molecule has 1 rings (SSSR count). The maximum atomic E-state index is 11.5. The summed E-state index contributed by atoms with van der Waals surface area (Å²) in [6.45, 7) is 4.62. The molecular formula is C12H21N3O. The summed E-state index contributed by atoms with van der Waals surface area (Å²) in [5.41, 5.74) is 6.93. The smallest absolute Gasteiger partial charge is 0.221 e. The predicted molar refractivity (Wildman–Crippen MR) is 64.7 cm³/mol. The van der Waals surface area contributed by atoms with Crippen molar-refractivity contribution in [3.05, 3.63) is 24.0 Å². The quantitative estimate of drug-likeness (QED) is 0.782. The molecule has 1 unspecified atom stereocenters. The number of nitrogens with one attached hydrogen (secondary N) is 1. The summed E-state index contributed by atoms with van der Waals surface area (Å²) in [5, 5.41) is 2.87. The molecule has 0 spiro atoms. The maximum absolute atomic E-state index is 11.5. The van der Waals surface area contributed by atoms with Gasteiger partial charge in [0.05, 0.1) is 0 Å². The van der Waals surface area contributed by atoms with Gasteiger partial charge in [-0.3, -0.25) is 4.79 Å². The van der Waals surface area contributed by atoms with Crippen LogP contribution in [-0.2, 0) is 18.4 Å². The predicted octanol–water partition coefficient (Wildman–Crippen LogP) is 1.01. The Hall–Kier alpha value is -1.29. The van der Waals surface area contributed by atoms with E-state index in [2.05, 4.69) is 5.32 Å². The molecule has 16 heavy (non-hydrogen) atoms. The minimum Gasteiger partial charge on any atom is -0.357 e. The number of hydrogen-bond acceptors (Lipinski definition) is 2. The fourth-order valence-corrected chi connectivity index (χ4v) is 1.39. The van der Waals surface area contributed by atoms with Crippen LogP contribution in [-0.4, -0.2) is 16.5 Å². The Labute approximate surface area is 96.8 Å². The lowest BCUT2D eigenvalue weighted by molar-refractivity contribution is -0.121. The standard InChI is InChI=1S/C12H21N3O/c1-9(2)11(13)6-12(16)14-7-10-4-5-15(3)8-10/h4-5,8-9,11H,6-7,13H2,1-3H3,(H,14,16). The van der Waals surface area contributed by atoms with Crippen molar-refractivity contribution in [3.8, 4) is 0 Å². The number of carbonyl (C=O) groups excluding carboxylic acids is 1.